The van der Waals surface area contributed by atoms with Crippen molar-refractivity contribution in [1.29, 1.82) is 0 Å². The molecule has 1 aliphatic heterocycles. The van der Waals surface area contributed by atoms with Gasteiger partial charge in [0.05, 0.1) is 17.1 Å². The van der Waals surface area contributed by atoms with Crippen LogP contribution in [0.4, 0.5) is 0 Å². The molecule has 0 spiro atoms. The number of sulfonamides is 1. The van der Waals surface area contributed by atoms with Crippen LogP contribution in [0.15, 0.2) is 36.5 Å². The van der Waals surface area contributed by atoms with Crippen LogP contribution in [0.1, 0.15) is 22.5 Å². The molecule has 3 aromatic rings. The number of fused-ring (bicyclic) bond motifs is 3. The molecule has 0 saturated heterocycles. The molecule has 3 heterocycles. The van der Waals surface area contributed by atoms with Crippen LogP contribution in [0.25, 0.3) is 5.65 Å². The Morgan fingerprint density at radius 1 is 1.28 bits per heavy atom. The van der Waals surface area contributed by atoms with Crippen molar-refractivity contribution in [3.05, 3.63) is 64.1 Å². The monoisotopic (exact) mass is 376 g/mol. The largest absolute Gasteiger partial charge is 0.237 e. The second-order valence-electron chi connectivity index (χ2n) is 6.22. The maximum Gasteiger partial charge on any atom is 0.218 e. The van der Waals surface area contributed by atoms with Gasteiger partial charge in [-0.1, -0.05) is 29.8 Å². The lowest BCUT2D eigenvalue weighted by atomic mass is 10.1. The summed E-state index contributed by atoms with van der Waals surface area (Å²) in [5.74, 6) is -0.0987. The van der Waals surface area contributed by atoms with E-state index in [1.165, 1.54) is 4.31 Å². The average molecular weight is 377 g/mol. The summed E-state index contributed by atoms with van der Waals surface area (Å²) in [5.41, 5.74) is 4.23. The molecule has 1 aliphatic rings. The van der Waals surface area contributed by atoms with Crippen LogP contribution in [0, 0.1) is 6.92 Å². The van der Waals surface area contributed by atoms with Gasteiger partial charge in [-0.2, -0.15) is 9.40 Å². The topological polar surface area (TPSA) is 67.6 Å². The predicted octanol–water partition coefficient (Wildman–Crippen LogP) is 2.58. The van der Waals surface area contributed by atoms with E-state index in [4.69, 9.17) is 11.6 Å². The van der Waals surface area contributed by atoms with Crippen molar-refractivity contribution < 1.29 is 8.42 Å². The number of aromatic nitrogens is 3. The molecule has 8 heteroatoms. The molecular formula is C17H17ClN4O2S. The zero-order chi connectivity index (χ0) is 17.6. The van der Waals surface area contributed by atoms with E-state index in [0.717, 1.165) is 22.6 Å². The molecular weight excluding hydrogens is 360 g/mol. The Morgan fingerprint density at radius 2 is 2.08 bits per heavy atom. The minimum absolute atomic E-state index is 0.0987. The van der Waals surface area contributed by atoms with Crippen LogP contribution in [0.5, 0.6) is 0 Å². The number of hydrogen-bond donors (Lipinski definition) is 0. The first-order chi connectivity index (χ1) is 11.9. The highest BCUT2D eigenvalue weighted by atomic mass is 35.5. The van der Waals surface area contributed by atoms with Crippen molar-refractivity contribution in [1.82, 2.24) is 18.9 Å². The molecule has 0 aliphatic carbocycles. The third kappa shape index (κ3) is 3.03. The number of benzene rings is 1. The number of rotatable bonds is 3. The molecule has 4 rings (SSSR count). The van der Waals surface area contributed by atoms with E-state index in [9.17, 15) is 8.42 Å². The number of aryl methyl sites for hydroxylation is 1. The fourth-order valence-corrected chi connectivity index (χ4v) is 4.98. The summed E-state index contributed by atoms with van der Waals surface area (Å²) in [6.45, 7) is 2.66. The van der Waals surface area contributed by atoms with Crippen molar-refractivity contribution >= 4 is 27.3 Å². The SMILES string of the molecule is Cc1cc2ncc3c(n2n1)CCN(S(=O)(=O)Cc1ccccc1Cl)C3. The molecule has 0 radical (unpaired) electrons. The maximum atomic E-state index is 12.8. The number of halogens is 1. The normalized spacial score (nSPS) is 15.4. The van der Waals surface area contributed by atoms with Gasteiger partial charge in [0.15, 0.2) is 5.65 Å². The van der Waals surface area contributed by atoms with Gasteiger partial charge in [0.1, 0.15) is 0 Å². The first-order valence-electron chi connectivity index (χ1n) is 7.98. The molecule has 0 atom stereocenters. The maximum absolute atomic E-state index is 12.8. The third-order valence-corrected chi connectivity index (χ3v) is 6.57. The van der Waals surface area contributed by atoms with E-state index in [0.29, 0.717) is 30.1 Å². The highest BCUT2D eigenvalue weighted by Crippen LogP contribution is 2.25. The Bertz CT molecular complexity index is 1060. The summed E-state index contributed by atoms with van der Waals surface area (Å²) in [7, 11) is -3.46. The van der Waals surface area contributed by atoms with Gasteiger partial charge in [0, 0.05) is 42.4 Å². The summed E-state index contributed by atoms with van der Waals surface area (Å²) in [5, 5.41) is 4.93. The Morgan fingerprint density at radius 3 is 2.88 bits per heavy atom. The van der Waals surface area contributed by atoms with Gasteiger partial charge in [0.2, 0.25) is 10.0 Å². The van der Waals surface area contributed by atoms with Crippen LogP contribution in [0.2, 0.25) is 5.02 Å². The average Bonchev–Trinajstić information content (AvgIpc) is 2.97. The van der Waals surface area contributed by atoms with E-state index in [-0.39, 0.29) is 5.75 Å². The van der Waals surface area contributed by atoms with Gasteiger partial charge in [0.25, 0.3) is 0 Å². The Hall–Kier alpha value is -1.96. The minimum Gasteiger partial charge on any atom is -0.237 e. The van der Waals surface area contributed by atoms with Crippen molar-refractivity contribution in [2.75, 3.05) is 6.54 Å². The standard InChI is InChI=1S/C17H17ClN4O2S/c1-12-8-17-19-9-14-10-21(7-6-16(14)22(17)20-12)25(23,24)11-13-4-2-3-5-15(13)18/h2-5,8-9H,6-7,10-11H2,1H3. The van der Waals surface area contributed by atoms with E-state index in [2.05, 4.69) is 10.1 Å². The molecule has 1 aromatic carbocycles. The lowest BCUT2D eigenvalue weighted by molar-refractivity contribution is 0.383. The molecule has 0 saturated carbocycles. The van der Waals surface area contributed by atoms with Crippen LogP contribution >= 0.6 is 11.6 Å². The zero-order valence-electron chi connectivity index (χ0n) is 13.7. The van der Waals surface area contributed by atoms with Gasteiger partial charge in [-0.15, -0.1) is 0 Å². The molecule has 6 nitrogen and oxygen atoms in total. The minimum atomic E-state index is -3.46. The summed E-state index contributed by atoms with van der Waals surface area (Å²) in [6, 6.07) is 8.95. The summed E-state index contributed by atoms with van der Waals surface area (Å²) in [4.78, 5) is 4.39. The summed E-state index contributed by atoms with van der Waals surface area (Å²) >= 11 is 6.11. The molecule has 0 amide bonds. The third-order valence-electron chi connectivity index (χ3n) is 4.43. The highest BCUT2D eigenvalue weighted by Gasteiger charge is 2.29. The van der Waals surface area contributed by atoms with Crippen molar-refractivity contribution in [2.24, 2.45) is 0 Å². The summed E-state index contributed by atoms with van der Waals surface area (Å²) < 4.78 is 28.9. The van der Waals surface area contributed by atoms with Gasteiger partial charge < -0.3 is 0 Å². The van der Waals surface area contributed by atoms with E-state index >= 15 is 0 Å². The smallest absolute Gasteiger partial charge is 0.218 e. The lowest BCUT2D eigenvalue weighted by Gasteiger charge is -2.28. The van der Waals surface area contributed by atoms with Crippen molar-refractivity contribution in [3.63, 3.8) is 0 Å². The molecule has 0 fully saturated rings. The molecule has 25 heavy (non-hydrogen) atoms. The van der Waals surface area contributed by atoms with Crippen LogP contribution in [-0.4, -0.2) is 33.9 Å². The lowest BCUT2D eigenvalue weighted by Crippen LogP contribution is -2.37. The van der Waals surface area contributed by atoms with Crippen molar-refractivity contribution in [3.8, 4) is 0 Å². The molecule has 0 N–H and O–H groups in total. The van der Waals surface area contributed by atoms with E-state index < -0.39 is 10.0 Å². The fourth-order valence-electron chi connectivity index (χ4n) is 3.17. The Kier molecular flexibility index (Phi) is 4.02. The van der Waals surface area contributed by atoms with Gasteiger partial charge in [-0.3, -0.25) is 0 Å². The van der Waals surface area contributed by atoms with Crippen LogP contribution in [0.3, 0.4) is 0 Å². The first-order valence-corrected chi connectivity index (χ1v) is 9.97. The Balaban J connectivity index is 1.63. The first kappa shape index (κ1) is 16.5. The van der Waals surface area contributed by atoms with Crippen LogP contribution < -0.4 is 0 Å². The molecule has 2 aromatic heterocycles. The van der Waals surface area contributed by atoms with E-state index in [1.54, 1.807) is 30.5 Å². The van der Waals surface area contributed by atoms with E-state index in [1.807, 2.05) is 17.5 Å². The summed E-state index contributed by atoms with van der Waals surface area (Å²) in [6.07, 6.45) is 2.36. The second-order valence-corrected chi connectivity index (χ2v) is 8.59. The van der Waals surface area contributed by atoms with Gasteiger partial charge in [-0.25, -0.2) is 17.9 Å². The van der Waals surface area contributed by atoms with Gasteiger partial charge >= 0.3 is 0 Å². The van der Waals surface area contributed by atoms with Crippen molar-refractivity contribution in [2.45, 2.75) is 25.6 Å². The molecule has 0 unspecified atom stereocenters. The molecule has 0 bridgehead atoms. The fraction of sp³-hybridized carbons (Fsp3) is 0.294. The number of hydrogen-bond acceptors (Lipinski definition) is 4. The number of nitrogens with zero attached hydrogens (tertiary/aromatic N) is 4. The van der Waals surface area contributed by atoms with Gasteiger partial charge in [-0.05, 0) is 18.6 Å². The second kappa shape index (κ2) is 6.09. The van der Waals surface area contributed by atoms with Crippen LogP contribution in [-0.2, 0) is 28.7 Å². The highest BCUT2D eigenvalue weighted by molar-refractivity contribution is 7.88. The molecule has 130 valence electrons. The predicted molar refractivity (Wildman–Crippen MR) is 95.9 cm³/mol. The quantitative estimate of drug-likeness (QED) is 0.704. The Labute approximate surface area is 151 Å². The zero-order valence-corrected chi connectivity index (χ0v) is 15.3.